The summed E-state index contributed by atoms with van der Waals surface area (Å²) >= 11 is 6.08. The van der Waals surface area contributed by atoms with Gasteiger partial charge in [0.25, 0.3) is 5.56 Å². The first kappa shape index (κ1) is 12.4. The monoisotopic (exact) mass is 255 g/mol. The average molecular weight is 256 g/mol. The van der Waals surface area contributed by atoms with E-state index in [1.165, 1.54) is 4.68 Å². The Morgan fingerprint density at radius 3 is 2.76 bits per heavy atom. The Morgan fingerprint density at radius 1 is 1.59 bits per heavy atom. The van der Waals surface area contributed by atoms with Crippen LogP contribution in [0, 0.1) is 5.92 Å². The third kappa shape index (κ3) is 2.80. The summed E-state index contributed by atoms with van der Waals surface area (Å²) in [5, 5.41) is 7.67. The molecule has 0 aliphatic heterocycles. The van der Waals surface area contributed by atoms with E-state index >= 15 is 0 Å². The van der Waals surface area contributed by atoms with Crippen LogP contribution in [0.15, 0.2) is 11.0 Å². The summed E-state index contributed by atoms with van der Waals surface area (Å²) in [5.41, 5.74) is 0.536. The highest BCUT2D eigenvalue weighted by Crippen LogP contribution is 2.38. The van der Waals surface area contributed by atoms with Crippen LogP contribution < -0.4 is 10.9 Å². The Hall–Kier alpha value is -1.03. The Morgan fingerprint density at radius 2 is 2.24 bits per heavy atom. The van der Waals surface area contributed by atoms with Crippen LogP contribution in [0.25, 0.3) is 0 Å². The van der Waals surface area contributed by atoms with Crippen LogP contribution in [0.2, 0.25) is 5.02 Å². The van der Waals surface area contributed by atoms with E-state index < -0.39 is 0 Å². The van der Waals surface area contributed by atoms with Gasteiger partial charge >= 0.3 is 0 Å². The molecule has 94 valence electrons. The third-order valence-corrected chi connectivity index (χ3v) is 3.32. The van der Waals surface area contributed by atoms with Crippen molar-refractivity contribution < 1.29 is 0 Å². The van der Waals surface area contributed by atoms with Crippen molar-refractivity contribution in [2.45, 2.75) is 45.7 Å². The fourth-order valence-corrected chi connectivity index (χ4v) is 1.86. The van der Waals surface area contributed by atoms with Gasteiger partial charge in [0.2, 0.25) is 0 Å². The van der Waals surface area contributed by atoms with Crippen LogP contribution in [-0.4, -0.2) is 15.3 Å². The predicted octanol–water partition coefficient (Wildman–Crippen LogP) is 2.52. The lowest BCUT2D eigenvalue weighted by atomic mass is 10.2. The number of halogens is 1. The van der Waals surface area contributed by atoms with Crippen molar-refractivity contribution in [2.75, 3.05) is 5.32 Å². The van der Waals surface area contributed by atoms with Crippen molar-refractivity contribution in [3.8, 4) is 0 Å². The summed E-state index contributed by atoms with van der Waals surface area (Å²) in [6.45, 7) is 6.79. The van der Waals surface area contributed by atoms with Gasteiger partial charge in [0.15, 0.2) is 0 Å². The first-order valence-electron chi connectivity index (χ1n) is 5.95. The molecule has 1 N–H and O–H groups in total. The van der Waals surface area contributed by atoms with Crippen LogP contribution in [0.1, 0.15) is 33.6 Å². The molecule has 0 aromatic carbocycles. The lowest BCUT2D eigenvalue weighted by Crippen LogP contribution is -2.27. The van der Waals surface area contributed by atoms with Gasteiger partial charge in [-0.2, -0.15) is 5.10 Å². The third-order valence-electron chi connectivity index (χ3n) is 2.96. The molecule has 0 atom stereocenters. The van der Waals surface area contributed by atoms with Crippen LogP contribution in [0.4, 0.5) is 5.69 Å². The number of nitrogens with one attached hydrogen (secondary N) is 1. The molecule has 1 aliphatic rings. The fourth-order valence-electron chi connectivity index (χ4n) is 1.67. The van der Waals surface area contributed by atoms with Crippen LogP contribution >= 0.6 is 11.6 Å². The van der Waals surface area contributed by atoms with Gasteiger partial charge in [0.1, 0.15) is 5.02 Å². The molecule has 2 rings (SSSR count). The second-order valence-corrected chi connectivity index (χ2v) is 5.82. The molecule has 1 aromatic rings. The molecule has 0 spiro atoms. The van der Waals surface area contributed by atoms with E-state index in [9.17, 15) is 4.79 Å². The number of anilines is 1. The number of rotatable bonds is 4. The van der Waals surface area contributed by atoms with E-state index in [-0.39, 0.29) is 16.1 Å². The zero-order chi connectivity index (χ0) is 12.6. The SMILES string of the molecule is CC(C)Cn1ncc(NC2(C)CC2)c(Cl)c1=O. The molecule has 4 nitrogen and oxygen atoms in total. The number of aromatic nitrogens is 2. The maximum Gasteiger partial charge on any atom is 0.287 e. The number of nitrogens with zero attached hydrogens (tertiary/aromatic N) is 2. The lowest BCUT2D eigenvalue weighted by molar-refractivity contribution is 0.464. The van der Waals surface area contributed by atoms with Gasteiger partial charge in [0, 0.05) is 12.1 Å². The van der Waals surface area contributed by atoms with Crippen molar-refractivity contribution in [3.05, 3.63) is 21.6 Å². The van der Waals surface area contributed by atoms with E-state index in [4.69, 9.17) is 11.6 Å². The lowest BCUT2D eigenvalue weighted by Gasteiger charge is -2.15. The molecule has 1 aromatic heterocycles. The molecule has 0 saturated heterocycles. The van der Waals surface area contributed by atoms with Crippen molar-refractivity contribution in [2.24, 2.45) is 5.92 Å². The summed E-state index contributed by atoms with van der Waals surface area (Å²) in [5.74, 6) is 0.371. The highest BCUT2D eigenvalue weighted by atomic mass is 35.5. The van der Waals surface area contributed by atoms with Gasteiger partial charge in [-0.1, -0.05) is 25.4 Å². The largest absolute Gasteiger partial charge is 0.377 e. The summed E-state index contributed by atoms with van der Waals surface area (Å²) in [7, 11) is 0. The first-order chi connectivity index (χ1) is 7.91. The minimum atomic E-state index is -0.213. The summed E-state index contributed by atoms with van der Waals surface area (Å²) < 4.78 is 1.42. The second-order valence-electron chi connectivity index (χ2n) is 5.44. The second kappa shape index (κ2) is 4.33. The highest BCUT2D eigenvalue weighted by Gasteiger charge is 2.37. The minimum absolute atomic E-state index is 0.0992. The van der Waals surface area contributed by atoms with E-state index in [0.717, 1.165) is 12.8 Å². The van der Waals surface area contributed by atoms with Crippen molar-refractivity contribution in [1.29, 1.82) is 0 Å². The topological polar surface area (TPSA) is 46.9 Å². The minimum Gasteiger partial charge on any atom is -0.377 e. The van der Waals surface area contributed by atoms with Crippen LogP contribution in [0.5, 0.6) is 0 Å². The van der Waals surface area contributed by atoms with Gasteiger partial charge in [-0.15, -0.1) is 0 Å². The molecule has 1 fully saturated rings. The molecule has 1 saturated carbocycles. The van der Waals surface area contributed by atoms with Gasteiger partial charge < -0.3 is 5.32 Å². The van der Waals surface area contributed by atoms with E-state index in [1.807, 2.05) is 13.8 Å². The smallest absolute Gasteiger partial charge is 0.287 e. The molecule has 0 radical (unpaired) electrons. The number of hydrogen-bond donors (Lipinski definition) is 1. The highest BCUT2D eigenvalue weighted by molar-refractivity contribution is 6.32. The number of hydrogen-bond acceptors (Lipinski definition) is 3. The average Bonchev–Trinajstić information content (AvgIpc) is 2.96. The molecule has 1 heterocycles. The van der Waals surface area contributed by atoms with Gasteiger partial charge in [-0.05, 0) is 25.7 Å². The molecule has 5 heteroatoms. The van der Waals surface area contributed by atoms with Gasteiger partial charge in [0.05, 0.1) is 11.9 Å². The Bertz CT molecular complexity index is 477. The molecule has 0 bridgehead atoms. The molecule has 17 heavy (non-hydrogen) atoms. The molecule has 0 amide bonds. The van der Waals surface area contributed by atoms with Gasteiger partial charge in [-0.25, -0.2) is 4.68 Å². The summed E-state index contributed by atoms with van der Waals surface area (Å²) in [6.07, 6.45) is 3.87. The van der Waals surface area contributed by atoms with Gasteiger partial charge in [-0.3, -0.25) is 4.79 Å². The van der Waals surface area contributed by atoms with E-state index in [1.54, 1.807) is 6.20 Å². The predicted molar refractivity (Wildman–Crippen MR) is 69.6 cm³/mol. The maximum absolute atomic E-state index is 12.0. The molecular formula is C12H18ClN3O. The van der Waals surface area contributed by atoms with Crippen LogP contribution in [0.3, 0.4) is 0 Å². The quantitative estimate of drug-likeness (QED) is 0.899. The Labute approximate surface area is 106 Å². The molecular weight excluding hydrogens is 238 g/mol. The summed E-state index contributed by atoms with van der Waals surface area (Å²) in [6, 6.07) is 0. The first-order valence-corrected chi connectivity index (χ1v) is 6.33. The van der Waals surface area contributed by atoms with E-state index in [2.05, 4.69) is 17.3 Å². The zero-order valence-electron chi connectivity index (χ0n) is 10.5. The summed E-state index contributed by atoms with van der Waals surface area (Å²) in [4.78, 5) is 12.0. The normalized spacial score (nSPS) is 17.2. The Kier molecular flexibility index (Phi) is 3.17. The van der Waals surface area contributed by atoms with Crippen LogP contribution in [-0.2, 0) is 6.54 Å². The molecule has 1 aliphatic carbocycles. The van der Waals surface area contributed by atoms with E-state index in [0.29, 0.717) is 18.2 Å². The van der Waals surface area contributed by atoms with Crippen molar-refractivity contribution >= 4 is 17.3 Å². The zero-order valence-corrected chi connectivity index (χ0v) is 11.2. The van der Waals surface area contributed by atoms with Crippen molar-refractivity contribution in [3.63, 3.8) is 0 Å². The Balaban J connectivity index is 2.26. The maximum atomic E-state index is 12.0. The van der Waals surface area contributed by atoms with Crippen molar-refractivity contribution in [1.82, 2.24) is 9.78 Å². The molecule has 0 unspecified atom stereocenters. The fraction of sp³-hybridized carbons (Fsp3) is 0.667. The standard InChI is InChI=1S/C12H18ClN3O/c1-8(2)7-16-11(17)10(13)9(6-14-16)15-12(3)4-5-12/h6,8,15H,4-5,7H2,1-3H3.